The van der Waals surface area contributed by atoms with Crippen molar-refractivity contribution in [1.29, 1.82) is 0 Å². The van der Waals surface area contributed by atoms with E-state index in [1.807, 2.05) is 48.5 Å². The van der Waals surface area contributed by atoms with Gasteiger partial charge in [-0.05, 0) is 73.6 Å². The molecule has 1 fully saturated rings. The second-order valence-electron chi connectivity index (χ2n) is 13.8. The van der Waals surface area contributed by atoms with Crippen LogP contribution in [0.5, 0.6) is 0 Å². The first kappa shape index (κ1) is 42.4. The first-order valence-corrected chi connectivity index (χ1v) is 17.5. The minimum absolute atomic E-state index is 0.0222. The van der Waals surface area contributed by atoms with E-state index in [9.17, 15) is 28.5 Å². The number of nitrogens with one attached hydrogen (secondary N) is 4. The Bertz CT molecular complexity index is 1120. The zero-order valence-corrected chi connectivity index (χ0v) is 30.1. The largest absolute Gasteiger partial charge is 0.469 e. The van der Waals surface area contributed by atoms with Crippen LogP contribution in [-0.4, -0.2) is 113 Å². The Labute approximate surface area is 278 Å². The molecule has 0 spiro atoms. The van der Waals surface area contributed by atoms with Crippen LogP contribution < -0.4 is 21.3 Å². The van der Waals surface area contributed by atoms with Crippen LogP contribution in [0.25, 0.3) is 0 Å². The second-order valence-corrected chi connectivity index (χ2v) is 15.0. The summed E-state index contributed by atoms with van der Waals surface area (Å²) in [4.78, 5) is 82.7. The minimum atomic E-state index is -4.71. The van der Waals surface area contributed by atoms with E-state index in [4.69, 9.17) is 19.3 Å². The summed E-state index contributed by atoms with van der Waals surface area (Å²) in [5, 5.41) is 10.0. The number of hydrogen-bond donors (Lipinski definition) is 6. The van der Waals surface area contributed by atoms with Crippen LogP contribution in [0.15, 0.2) is 0 Å². The van der Waals surface area contributed by atoms with E-state index in [-0.39, 0.29) is 43.4 Å². The Morgan fingerprint density at radius 2 is 1.55 bits per heavy atom. The maximum Gasteiger partial charge on any atom is 0.469 e. The number of ether oxygens (including phenoxy) is 2. The predicted octanol–water partition coefficient (Wildman–Crippen LogP) is 0.744. The number of carbonyl (C=O) groups is 5. The van der Waals surface area contributed by atoms with Gasteiger partial charge in [-0.3, -0.25) is 28.5 Å². The molecular weight excluding hydrogens is 637 g/mol. The molecule has 1 saturated heterocycles. The van der Waals surface area contributed by atoms with Crippen molar-refractivity contribution in [2.24, 2.45) is 5.92 Å². The van der Waals surface area contributed by atoms with Crippen molar-refractivity contribution in [1.82, 2.24) is 26.2 Å². The Balaban J connectivity index is 2.57. The number of rotatable bonds is 20. The third kappa shape index (κ3) is 17.9. The second kappa shape index (κ2) is 18.8. The topological polar surface area (TPSA) is 222 Å². The third-order valence-electron chi connectivity index (χ3n) is 7.11. The molecule has 4 atom stereocenters. The molecule has 272 valence electrons. The summed E-state index contributed by atoms with van der Waals surface area (Å²) in [5.74, 6) is -2.55. The summed E-state index contributed by atoms with van der Waals surface area (Å²) in [6, 6.07) is -2.69. The smallest absolute Gasteiger partial charge is 0.376 e. The van der Waals surface area contributed by atoms with Gasteiger partial charge in [0.05, 0.1) is 36.9 Å². The normalized spacial score (nSPS) is 17.3. The lowest BCUT2D eigenvalue weighted by molar-refractivity contribution is -0.150. The SMILES string of the molecule is CC(C)C[C@H](NC(=O)C1CCN1C(=O)CCOC(C)(C)CCOC(C)(C)C)C(=O)NCC(=O)N[C@@H](C)C(=O)NC[C@@H](C)OP(=O)(O)O. The molecule has 1 rings (SSSR count). The number of likely N-dealkylation sites (tertiary alicyclic amines) is 1. The lowest BCUT2D eigenvalue weighted by atomic mass is 9.98. The molecule has 0 saturated carbocycles. The summed E-state index contributed by atoms with van der Waals surface area (Å²) in [7, 11) is -4.71. The van der Waals surface area contributed by atoms with Gasteiger partial charge in [0.2, 0.25) is 29.5 Å². The summed E-state index contributed by atoms with van der Waals surface area (Å²) in [5.41, 5.74) is -0.737. The van der Waals surface area contributed by atoms with Crippen molar-refractivity contribution in [2.75, 3.05) is 32.8 Å². The fourth-order valence-electron chi connectivity index (χ4n) is 4.48. The maximum atomic E-state index is 13.1. The number of nitrogens with zero attached hydrogens (tertiary/aromatic N) is 1. The van der Waals surface area contributed by atoms with E-state index in [1.54, 1.807) is 0 Å². The highest BCUT2D eigenvalue weighted by Crippen LogP contribution is 2.37. The quantitative estimate of drug-likeness (QED) is 0.0977. The molecule has 0 aromatic carbocycles. The Hall–Kier alpha value is -2.62. The number of hydrogen-bond acceptors (Lipinski definition) is 9. The van der Waals surface area contributed by atoms with Crippen molar-refractivity contribution in [3.63, 3.8) is 0 Å². The number of carbonyl (C=O) groups excluding carboxylic acids is 5. The van der Waals surface area contributed by atoms with Crippen LogP contribution in [-0.2, 0) is 42.5 Å². The van der Waals surface area contributed by atoms with Crippen LogP contribution in [0.2, 0.25) is 0 Å². The Morgan fingerprint density at radius 3 is 2.09 bits per heavy atom. The van der Waals surface area contributed by atoms with Gasteiger partial charge < -0.3 is 45.4 Å². The molecule has 0 bridgehead atoms. The average molecular weight is 694 g/mol. The fourth-order valence-corrected chi connectivity index (χ4v) is 5.02. The van der Waals surface area contributed by atoms with Crippen molar-refractivity contribution >= 4 is 37.4 Å². The zero-order valence-electron chi connectivity index (χ0n) is 29.2. The maximum absolute atomic E-state index is 13.1. The molecule has 0 radical (unpaired) electrons. The molecule has 0 aromatic heterocycles. The van der Waals surface area contributed by atoms with Crippen LogP contribution >= 0.6 is 7.82 Å². The number of amides is 5. The van der Waals surface area contributed by atoms with Gasteiger partial charge in [-0.25, -0.2) is 4.57 Å². The summed E-state index contributed by atoms with van der Waals surface area (Å²) in [6.07, 6.45) is 0.527. The monoisotopic (exact) mass is 693 g/mol. The van der Waals surface area contributed by atoms with Gasteiger partial charge in [0.25, 0.3) is 0 Å². The molecule has 1 heterocycles. The highest BCUT2D eigenvalue weighted by Gasteiger charge is 2.39. The van der Waals surface area contributed by atoms with E-state index in [2.05, 4.69) is 25.8 Å². The van der Waals surface area contributed by atoms with Crippen molar-refractivity contribution in [3.05, 3.63) is 0 Å². The average Bonchev–Trinajstić information content (AvgIpc) is 2.86. The van der Waals surface area contributed by atoms with Gasteiger partial charge in [0, 0.05) is 19.7 Å². The molecule has 47 heavy (non-hydrogen) atoms. The fraction of sp³-hybridized carbons (Fsp3) is 0.833. The summed E-state index contributed by atoms with van der Waals surface area (Å²) < 4.78 is 27.0. The van der Waals surface area contributed by atoms with E-state index in [0.717, 1.165) is 0 Å². The van der Waals surface area contributed by atoms with Crippen molar-refractivity contribution in [2.45, 2.75) is 123 Å². The minimum Gasteiger partial charge on any atom is -0.376 e. The number of phosphoric ester groups is 1. The molecule has 1 aliphatic heterocycles. The molecule has 6 N–H and O–H groups in total. The van der Waals surface area contributed by atoms with Gasteiger partial charge in [-0.2, -0.15) is 0 Å². The standard InChI is InChI=1S/C30H56N5O11P/c1-19(2)16-22(27(39)32-18-24(36)33-21(4)26(38)31-17-20(3)46-47(41,42)43)34-28(40)23-10-13-35(23)25(37)11-14-45-30(8,9)12-15-44-29(5,6)7/h19-23H,10-18H2,1-9H3,(H,31,38)(H,32,39)(H,33,36)(H,34,40)(H2,41,42,43)/t20-,21+,22+,23?/m1/s1. The summed E-state index contributed by atoms with van der Waals surface area (Å²) >= 11 is 0. The molecule has 17 heteroatoms. The van der Waals surface area contributed by atoms with Crippen LogP contribution in [0.4, 0.5) is 0 Å². The molecule has 16 nitrogen and oxygen atoms in total. The molecule has 0 aliphatic carbocycles. The van der Waals surface area contributed by atoms with Crippen LogP contribution in [0, 0.1) is 5.92 Å². The first-order chi connectivity index (χ1) is 21.5. The Kier molecular flexibility index (Phi) is 17.0. The van der Waals surface area contributed by atoms with E-state index < -0.39 is 67.8 Å². The van der Waals surface area contributed by atoms with Gasteiger partial charge in [-0.15, -0.1) is 0 Å². The molecule has 0 aromatic rings. The summed E-state index contributed by atoms with van der Waals surface area (Å²) in [6.45, 7) is 16.8. The molecular formula is C30H56N5O11P. The predicted molar refractivity (Wildman–Crippen MR) is 173 cm³/mol. The van der Waals surface area contributed by atoms with Gasteiger partial charge in [0.15, 0.2) is 0 Å². The van der Waals surface area contributed by atoms with Gasteiger partial charge >= 0.3 is 7.82 Å². The van der Waals surface area contributed by atoms with E-state index in [0.29, 0.717) is 26.0 Å². The molecule has 1 aliphatic rings. The number of phosphoric acid groups is 1. The highest BCUT2D eigenvalue weighted by atomic mass is 31.2. The van der Waals surface area contributed by atoms with Crippen LogP contribution in [0.3, 0.4) is 0 Å². The third-order valence-corrected chi connectivity index (χ3v) is 7.74. The Morgan fingerprint density at radius 1 is 0.915 bits per heavy atom. The van der Waals surface area contributed by atoms with Crippen LogP contribution in [0.1, 0.15) is 88.0 Å². The van der Waals surface area contributed by atoms with Gasteiger partial charge in [0.1, 0.15) is 18.1 Å². The zero-order chi connectivity index (χ0) is 36.2. The van der Waals surface area contributed by atoms with Crippen molar-refractivity contribution in [3.8, 4) is 0 Å². The van der Waals surface area contributed by atoms with Crippen molar-refractivity contribution < 1.29 is 52.3 Å². The molecule has 5 amide bonds. The molecule has 1 unspecified atom stereocenters. The van der Waals surface area contributed by atoms with E-state index in [1.165, 1.54) is 18.7 Å². The lowest BCUT2D eigenvalue weighted by Crippen LogP contribution is -2.61. The highest BCUT2D eigenvalue weighted by molar-refractivity contribution is 7.46. The van der Waals surface area contributed by atoms with E-state index >= 15 is 0 Å². The van der Waals surface area contributed by atoms with Gasteiger partial charge in [-0.1, -0.05) is 13.8 Å². The first-order valence-electron chi connectivity index (χ1n) is 16.0. The lowest BCUT2D eigenvalue weighted by Gasteiger charge is -2.40.